The third-order valence-electron chi connectivity index (χ3n) is 6.08. The number of nitrogens with zero attached hydrogens (tertiary/aromatic N) is 3. The SMILES string of the molecule is CCNCCOCCOCCN1CCN(CC2CCN(CC(=O)CC)CC2)CC1.[HH]. The van der Waals surface area contributed by atoms with E-state index in [4.69, 9.17) is 9.47 Å². The van der Waals surface area contributed by atoms with Crippen molar-refractivity contribution >= 4 is 5.78 Å². The average molecular weight is 415 g/mol. The van der Waals surface area contributed by atoms with Gasteiger partial charge in [-0.3, -0.25) is 14.6 Å². The summed E-state index contributed by atoms with van der Waals surface area (Å²) in [6.45, 7) is 18.6. The summed E-state index contributed by atoms with van der Waals surface area (Å²) in [7, 11) is 0. The van der Waals surface area contributed by atoms with Crippen molar-refractivity contribution in [1.82, 2.24) is 20.0 Å². The fraction of sp³-hybridized carbons (Fsp3) is 0.955. The number of carbonyl (C=O) groups excluding carboxylic acids is 1. The molecule has 2 fully saturated rings. The Hall–Kier alpha value is -0.570. The molecule has 0 unspecified atom stereocenters. The summed E-state index contributed by atoms with van der Waals surface area (Å²) in [5, 5.41) is 3.24. The topological polar surface area (TPSA) is 57.3 Å². The van der Waals surface area contributed by atoms with Gasteiger partial charge in [0.2, 0.25) is 0 Å². The number of piperazine rings is 1. The van der Waals surface area contributed by atoms with E-state index in [-0.39, 0.29) is 1.43 Å². The summed E-state index contributed by atoms with van der Waals surface area (Å²) in [5.74, 6) is 1.17. The highest BCUT2D eigenvalue weighted by Gasteiger charge is 2.24. The highest BCUT2D eigenvalue weighted by atomic mass is 16.5. The molecule has 7 nitrogen and oxygen atoms in total. The van der Waals surface area contributed by atoms with Crippen LogP contribution in [0.2, 0.25) is 0 Å². The summed E-state index contributed by atoms with van der Waals surface area (Å²) < 4.78 is 11.2. The normalized spacial score (nSPS) is 20.3. The van der Waals surface area contributed by atoms with Crippen LogP contribution < -0.4 is 5.32 Å². The second kappa shape index (κ2) is 15.3. The number of carbonyl (C=O) groups is 1. The number of rotatable bonds is 15. The minimum atomic E-state index is 0. The third kappa shape index (κ3) is 10.9. The Labute approximate surface area is 179 Å². The molecule has 2 saturated heterocycles. The summed E-state index contributed by atoms with van der Waals surface area (Å²) in [5.41, 5.74) is 0. The van der Waals surface area contributed by atoms with Gasteiger partial charge in [0.15, 0.2) is 0 Å². The molecule has 0 aromatic rings. The van der Waals surface area contributed by atoms with Crippen molar-refractivity contribution in [3.05, 3.63) is 0 Å². The van der Waals surface area contributed by atoms with Gasteiger partial charge in [-0.2, -0.15) is 0 Å². The molecular weight excluding hydrogens is 368 g/mol. The Morgan fingerprint density at radius 2 is 1.55 bits per heavy atom. The molecule has 0 saturated carbocycles. The molecule has 2 aliphatic rings. The van der Waals surface area contributed by atoms with Crippen LogP contribution in [0.3, 0.4) is 0 Å². The van der Waals surface area contributed by atoms with Crippen molar-refractivity contribution in [1.29, 1.82) is 0 Å². The maximum Gasteiger partial charge on any atom is 0.146 e. The number of hydrogen-bond donors (Lipinski definition) is 1. The van der Waals surface area contributed by atoms with Crippen molar-refractivity contribution in [3.8, 4) is 0 Å². The maximum atomic E-state index is 11.6. The van der Waals surface area contributed by atoms with Gasteiger partial charge in [-0.05, 0) is 38.4 Å². The van der Waals surface area contributed by atoms with Crippen molar-refractivity contribution in [3.63, 3.8) is 0 Å². The second-order valence-electron chi connectivity index (χ2n) is 8.33. The number of ketones is 1. The molecule has 0 aliphatic carbocycles. The van der Waals surface area contributed by atoms with E-state index in [0.717, 1.165) is 64.9 Å². The largest absolute Gasteiger partial charge is 0.378 e. The van der Waals surface area contributed by atoms with E-state index in [9.17, 15) is 4.79 Å². The molecule has 7 heteroatoms. The fourth-order valence-corrected chi connectivity index (χ4v) is 4.09. The van der Waals surface area contributed by atoms with E-state index >= 15 is 0 Å². The minimum Gasteiger partial charge on any atom is -0.378 e. The van der Waals surface area contributed by atoms with Crippen molar-refractivity contribution in [2.45, 2.75) is 33.1 Å². The van der Waals surface area contributed by atoms with Gasteiger partial charge in [0.05, 0.1) is 33.0 Å². The zero-order valence-corrected chi connectivity index (χ0v) is 18.9. The van der Waals surface area contributed by atoms with E-state index in [0.29, 0.717) is 32.0 Å². The van der Waals surface area contributed by atoms with Gasteiger partial charge >= 0.3 is 0 Å². The molecule has 0 aromatic heterocycles. The lowest BCUT2D eigenvalue weighted by molar-refractivity contribution is -0.120. The molecule has 2 heterocycles. The first-order valence-electron chi connectivity index (χ1n) is 11.8. The predicted molar refractivity (Wildman–Crippen MR) is 120 cm³/mol. The van der Waals surface area contributed by atoms with Crippen LogP contribution in [0.5, 0.6) is 0 Å². The molecule has 172 valence electrons. The maximum absolute atomic E-state index is 11.6. The van der Waals surface area contributed by atoms with E-state index in [2.05, 4.69) is 26.9 Å². The van der Waals surface area contributed by atoms with Crippen LogP contribution in [-0.4, -0.2) is 119 Å². The lowest BCUT2D eigenvalue weighted by Gasteiger charge is -2.38. The molecule has 0 amide bonds. The zero-order valence-electron chi connectivity index (χ0n) is 18.9. The van der Waals surface area contributed by atoms with Gasteiger partial charge in [-0.15, -0.1) is 0 Å². The molecule has 0 atom stereocenters. The third-order valence-corrected chi connectivity index (χ3v) is 6.08. The number of ether oxygens (including phenoxy) is 2. The molecular formula is C22H46N4O3. The van der Waals surface area contributed by atoms with E-state index in [1.165, 1.54) is 32.5 Å². The molecule has 0 bridgehead atoms. The first kappa shape index (κ1) is 24.7. The van der Waals surface area contributed by atoms with E-state index in [1.54, 1.807) is 0 Å². The number of piperidine rings is 1. The highest BCUT2D eigenvalue weighted by Crippen LogP contribution is 2.19. The van der Waals surface area contributed by atoms with Crippen LogP contribution >= 0.6 is 0 Å². The van der Waals surface area contributed by atoms with Crippen LogP contribution in [-0.2, 0) is 14.3 Å². The summed E-state index contributed by atoms with van der Waals surface area (Å²) >= 11 is 0. The fourth-order valence-electron chi connectivity index (χ4n) is 4.09. The van der Waals surface area contributed by atoms with Gasteiger partial charge < -0.3 is 19.7 Å². The average Bonchev–Trinajstić information content (AvgIpc) is 2.75. The van der Waals surface area contributed by atoms with Crippen LogP contribution in [0.25, 0.3) is 0 Å². The Morgan fingerprint density at radius 1 is 0.897 bits per heavy atom. The van der Waals surface area contributed by atoms with Crippen LogP contribution in [0.15, 0.2) is 0 Å². The second-order valence-corrected chi connectivity index (χ2v) is 8.33. The number of likely N-dealkylation sites (N-methyl/N-ethyl adjacent to an activating group) is 1. The van der Waals surface area contributed by atoms with Crippen LogP contribution in [0.4, 0.5) is 0 Å². The van der Waals surface area contributed by atoms with Gasteiger partial charge in [0.25, 0.3) is 0 Å². The molecule has 0 spiro atoms. The van der Waals surface area contributed by atoms with Gasteiger partial charge in [0, 0.05) is 53.7 Å². The first-order chi connectivity index (χ1) is 14.2. The Bertz CT molecular complexity index is 429. The minimum absolute atomic E-state index is 0. The number of likely N-dealkylation sites (tertiary alicyclic amines) is 1. The quantitative estimate of drug-likeness (QED) is 0.404. The van der Waals surface area contributed by atoms with Crippen molar-refractivity contribution in [2.24, 2.45) is 5.92 Å². The van der Waals surface area contributed by atoms with Gasteiger partial charge in [0.1, 0.15) is 5.78 Å². The molecule has 2 aliphatic heterocycles. The lowest BCUT2D eigenvalue weighted by atomic mass is 9.95. The monoisotopic (exact) mass is 414 g/mol. The van der Waals surface area contributed by atoms with Crippen molar-refractivity contribution < 1.29 is 15.7 Å². The molecule has 1 N–H and O–H groups in total. The molecule has 2 rings (SSSR count). The summed E-state index contributed by atoms with van der Waals surface area (Å²) in [6.07, 6.45) is 3.14. The van der Waals surface area contributed by atoms with E-state index in [1.807, 2.05) is 6.92 Å². The summed E-state index contributed by atoms with van der Waals surface area (Å²) in [4.78, 5) is 19.1. The molecule has 29 heavy (non-hydrogen) atoms. The van der Waals surface area contributed by atoms with Gasteiger partial charge in [-0.1, -0.05) is 13.8 Å². The molecule has 0 aromatic carbocycles. The lowest BCUT2D eigenvalue weighted by Crippen LogP contribution is -2.49. The van der Waals surface area contributed by atoms with Crippen molar-refractivity contribution in [2.75, 3.05) is 98.4 Å². The standard InChI is InChI=1S/C22H44N4O3.H2/c1-3-22(27)20-25-8-5-21(6-9-25)19-26-12-10-24(11-13-26)14-16-29-18-17-28-15-7-23-4-2;/h21,23H,3-20H2,1-2H3;1H. The van der Waals surface area contributed by atoms with Gasteiger partial charge in [-0.25, -0.2) is 0 Å². The predicted octanol–water partition coefficient (Wildman–Crippen LogP) is 1.18. The van der Waals surface area contributed by atoms with E-state index < -0.39 is 0 Å². The smallest absolute Gasteiger partial charge is 0.146 e. The molecule has 0 radical (unpaired) electrons. The zero-order chi connectivity index (χ0) is 20.7. The Morgan fingerprint density at radius 3 is 2.21 bits per heavy atom. The van der Waals surface area contributed by atoms with Crippen LogP contribution in [0, 0.1) is 5.92 Å². The Balaban J connectivity index is 0.00000450. The number of hydrogen-bond acceptors (Lipinski definition) is 7. The van der Waals surface area contributed by atoms with Crippen LogP contribution in [0.1, 0.15) is 34.5 Å². The summed E-state index contributed by atoms with van der Waals surface area (Å²) in [6, 6.07) is 0. The Kier molecular flexibility index (Phi) is 13.0. The number of Topliss-reactive ketones (excluding diaryl/α,β-unsaturated/α-hetero) is 1. The highest BCUT2D eigenvalue weighted by molar-refractivity contribution is 5.80. The first-order valence-corrected chi connectivity index (χ1v) is 11.8. The number of nitrogens with one attached hydrogen (secondary N) is 1.